The van der Waals surface area contributed by atoms with Crippen molar-refractivity contribution in [1.82, 2.24) is 0 Å². The van der Waals surface area contributed by atoms with Gasteiger partial charge >= 0.3 is 39.5 Å². The molecule has 0 heterocycles. The Morgan fingerprint density at radius 2 is 0.567 bits per heavy atom. The van der Waals surface area contributed by atoms with Crippen molar-refractivity contribution >= 4 is 39.5 Å². The van der Waals surface area contributed by atoms with Gasteiger partial charge in [-0.3, -0.25) is 37.3 Å². The van der Waals surface area contributed by atoms with Crippen LogP contribution in [0.5, 0.6) is 0 Å². The smallest absolute Gasteiger partial charge is 0.462 e. The van der Waals surface area contributed by atoms with Gasteiger partial charge in [-0.1, -0.05) is 374 Å². The maximum atomic E-state index is 13.1. The third-order valence-corrected chi connectivity index (χ3v) is 21.6. The summed E-state index contributed by atoms with van der Waals surface area (Å²) in [6.07, 6.45) is 70.0. The number of hydrogen-bond donors (Lipinski definition) is 3. The van der Waals surface area contributed by atoms with E-state index in [2.05, 4.69) is 65.8 Å². The molecule has 0 aliphatic heterocycles. The van der Waals surface area contributed by atoms with Gasteiger partial charge in [0.15, 0.2) is 12.2 Å². The summed E-state index contributed by atoms with van der Waals surface area (Å²) >= 11 is 0. The zero-order valence-corrected chi connectivity index (χ0v) is 69.6. The molecule has 0 aromatic heterocycles. The van der Waals surface area contributed by atoms with Crippen molar-refractivity contribution in [3.63, 3.8) is 0 Å². The molecule has 0 aliphatic rings. The number of carbonyl (C=O) groups is 4. The van der Waals surface area contributed by atoms with Crippen molar-refractivity contribution < 1.29 is 80.2 Å². The number of ether oxygens (including phenoxy) is 4. The Hall–Kier alpha value is -2.46. The standard InChI is InChI=1S/C85H162O17P2/c1-7-10-12-14-16-18-20-22-25-33-39-45-51-57-63-69-84(89)101-80(73-95-82(87)67-61-55-49-43-37-21-19-17-15-13-11-8-2)75-99-103(91,92)97-71-79(86)72-98-104(93,94)100-76-81(74-96-83(88)68-62-56-50-44-38-32-29-28-31-36-42-48-54-60-66-78(6)9-3)102-85(90)70-64-58-52-46-40-34-27-24-23-26-30-35-41-47-53-59-65-77(4)5/h18,20,22,25,77-81,86H,7-17,19,21,23-24,26-76H2,1-6H3,(H,91,92)(H,93,94)/b20-18-,25-22-/t78?,79-,80+,81+/m0/s1. The lowest BCUT2D eigenvalue weighted by molar-refractivity contribution is -0.161. The van der Waals surface area contributed by atoms with Crippen LogP contribution in [0.4, 0.5) is 0 Å². The molecular formula is C85H162O17P2. The molecule has 3 N–H and O–H groups in total. The summed E-state index contributed by atoms with van der Waals surface area (Å²) in [5, 5.41) is 10.7. The van der Waals surface area contributed by atoms with Crippen LogP contribution in [0, 0.1) is 11.8 Å². The van der Waals surface area contributed by atoms with Crippen LogP contribution < -0.4 is 0 Å². The molecule has 0 fully saturated rings. The summed E-state index contributed by atoms with van der Waals surface area (Å²) in [6.45, 7) is 9.68. The van der Waals surface area contributed by atoms with Crippen molar-refractivity contribution in [3.8, 4) is 0 Å². The first kappa shape index (κ1) is 102. The maximum absolute atomic E-state index is 13.1. The van der Waals surface area contributed by atoms with Crippen LogP contribution in [0.2, 0.25) is 0 Å². The highest BCUT2D eigenvalue weighted by atomic mass is 31.2. The molecule has 0 saturated heterocycles. The second kappa shape index (κ2) is 75.9. The molecule has 19 heteroatoms. The Morgan fingerprint density at radius 3 is 0.865 bits per heavy atom. The molecule has 0 amide bonds. The van der Waals surface area contributed by atoms with E-state index in [0.29, 0.717) is 25.7 Å². The van der Waals surface area contributed by atoms with E-state index in [4.69, 9.17) is 37.0 Å². The molecule has 0 rings (SSSR count). The highest BCUT2D eigenvalue weighted by Gasteiger charge is 2.30. The van der Waals surface area contributed by atoms with Gasteiger partial charge in [-0.15, -0.1) is 0 Å². The van der Waals surface area contributed by atoms with Gasteiger partial charge < -0.3 is 33.8 Å². The Morgan fingerprint density at radius 1 is 0.317 bits per heavy atom. The van der Waals surface area contributed by atoms with Crippen LogP contribution in [-0.4, -0.2) is 96.7 Å². The summed E-state index contributed by atoms with van der Waals surface area (Å²) < 4.78 is 68.8. The van der Waals surface area contributed by atoms with Crippen molar-refractivity contribution in [3.05, 3.63) is 24.3 Å². The fourth-order valence-corrected chi connectivity index (χ4v) is 14.3. The van der Waals surface area contributed by atoms with Crippen LogP contribution in [0.3, 0.4) is 0 Å². The van der Waals surface area contributed by atoms with Crippen LogP contribution in [0.25, 0.3) is 0 Å². The van der Waals surface area contributed by atoms with E-state index in [1.54, 1.807) is 0 Å². The molecule has 6 atom stereocenters. The largest absolute Gasteiger partial charge is 0.472 e. The van der Waals surface area contributed by atoms with E-state index < -0.39 is 97.5 Å². The summed E-state index contributed by atoms with van der Waals surface area (Å²) in [5.74, 6) is -0.476. The van der Waals surface area contributed by atoms with Crippen LogP contribution in [0.15, 0.2) is 24.3 Å². The van der Waals surface area contributed by atoms with E-state index in [-0.39, 0.29) is 25.7 Å². The quantitative estimate of drug-likeness (QED) is 0.0169. The zero-order chi connectivity index (χ0) is 76.4. The molecule has 0 saturated carbocycles. The SMILES string of the molecule is CCCCCC/C=C\C=C/CCCCCCCC(=O)O[C@H](COC(=O)CCCCCCCCCCCCCC)COP(=O)(O)OC[C@H](O)COP(=O)(O)OC[C@@H](COC(=O)CCCCCCCCCCCCCCCCC(C)CC)OC(=O)CCCCCCCCCCCCCCCCCCC(C)C. The minimum Gasteiger partial charge on any atom is -0.462 e. The van der Waals surface area contributed by atoms with Crippen LogP contribution in [0.1, 0.15) is 427 Å². The first-order valence-corrected chi connectivity index (χ1v) is 46.3. The third kappa shape index (κ3) is 76.3. The van der Waals surface area contributed by atoms with Crippen LogP contribution >= 0.6 is 15.6 Å². The number of esters is 4. The van der Waals surface area contributed by atoms with Gasteiger partial charge in [0.1, 0.15) is 19.3 Å². The highest BCUT2D eigenvalue weighted by molar-refractivity contribution is 7.47. The number of carbonyl (C=O) groups excluding carboxylic acids is 4. The van der Waals surface area contributed by atoms with Gasteiger partial charge in [-0.25, -0.2) is 9.13 Å². The van der Waals surface area contributed by atoms with E-state index in [9.17, 15) is 43.2 Å². The molecule has 614 valence electrons. The number of phosphoric ester groups is 2. The molecule has 0 aromatic carbocycles. The number of allylic oxidation sites excluding steroid dienone is 4. The normalized spacial score (nSPS) is 14.2. The minimum absolute atomic E-state index is 0.0856. The molecule has 0 aliphatic carbocycles. The lowest BCUT2D eigenvalue weighted by Gasteiger charge is -2.21. The fourth-order valence-electron chi connectivity index (χ4n) is 12.7. The van der Waals surface area contributed by atoms with Gasteiger partial charge in [-0.2, -0.15) is 0 Å². The minimum atomic E-state index is -4.97. The molecule has 0 spiro atoms. The maximum Gasteiger partial charge on any atom is 0.472 e. The summed E-state index contributed by atoms with van der Waals surface area (Å²) in [5.41, 5.74) is 0. The second-order valence-electron chi connectivity index (χ2n) is 30.6. The van der Waals surface area contributed by atoms with E-state index in [0.717, 1.165) is 115 Å². The van der Waals surface area contributed by atoms with Gasteiger partial charge in [0.05, 0.1) is 26.4 Å². The number of unbranched alkanes of at least 4 members (excludes halogenated alkanes) is 48. The molecule has 0 radical (unpaired) electrons. The lowest BCUT2D eigenvalue weighted by atomic mass is 9.99. The lowest BCUT2D eigenvalue weighted by Crippen LogP contribution is -2.30. The summed E-state index contributed by atoms with van der Waals surface area (Å²) in [4.78, 5) is 73.2. The molecular weight excluding hydrogens is 1350 g/mol. The Balaban J connectivity index is 5.29. The average Bonchev–Trinajstić information content (AvgIpc) is 0.903. The van der Waals surface area contributed by atoms with Gasteiger partial charge in [0, 0.05) is 25.7 Å². The number of aliphatic hydroxyl groups excluding tert-OH is 1. The molecule has 104 heavy (non-hydrogen) atoms. The summed E-state index contributed by atoms with van der Waals surface area (Å²) in [6, 6.07) is 0. The second-order valence-corrected chi connectivity index (χ2v) is 33.5. The van der Waals surface area contributed by atoms with Crippen molar-refractivity contribution in [2.75, 3.05) is 39.6 Å². The van der Waals surface area contributed by atoms with E-state index in [1.807, 2.05) is 0 Å². The number of rotatable bonds is 82. The Bertz CT molecular complexity index is 2090. The van der Waals surface area contributed by atoms with Crippen LogP contribution in [-0.2, 0) is 65.4 Å². The highest BCUT2D eigenvalue weighted by Crippen LogP contribution is 2.45. The molecule has 3 unspecified atom stereocenters. The zero-order valence-electron chi connectivity index (χ0n) is 67.8. The van der Waals surface area contributed by atoms with Gasteiger partial charge in [0.25, 0.3) is 0 Å². The topological polar surface area (TPSA) is 237 Å². The first-order valence-electron chi connectivity index (χ1n) is 43.3. The Labute approximate surface area is 637 Å². The fraction of sp³-hybridized carbons (Fsp3) is 0.906. The average molecular weight is 1520 g/mol. The van der Waals surface area contributed by atoms with Gasteiger partial charge in [-0.05, 0) is 63.2 Å². The van der Waals surface area contributed by atoms with E-state index in [1.165, 1.54) is 231 Å². The predicted molar refractivity (Wildman–Crippen MR) is 427 cm³/mol. The predicted octanol–water partition coefficient (Wildman–Crippen LogP) is 25.4. The molecule has 17 nitrogen and oxygen atoms in total. The van der Waals surface area contributed by atoms with Gasteiger partial charge in [0.2, 0.25) is 0 Å². The van der Waals surface area contributed by atoms with E-state index >= 15 is 0 Å². The van der Waals surface area contributed by atoms with Crippen molar-refractivity contribution in [2.45, 2.75) is 445 Å². The number of phosphoric acid groups is 2. The number of aliphatic hydroxyl groups is 1. The first-order chi connectivity index (χ1) is 50.4. The molecule has 0 bridgehead atoms. The molecule has 0 aromatic rings. The third-order valence-electron chi connectivity index (χ3n) is 19.7. The van der Waals surface area contributed by atoms with Crippen molar-refractivity contribution in [2.24, 2.45) is 11.8 Å². The monoisotopic (exact) mass is 1520 g/mol. The Kier molecular flexibility index (Phi) is 74.1. The van der Waals surface area contributed by atoms with Crippen molar-refractivity contribution in [1.29, 1.82) is 0 Å². The number of hydrogen-bond acceptors (Lipinski definition) is 15. The summed E-state index contributed by atoms with van der Waals surface area (Å²) in [7, 11) is -9.94.